The molecule has 0 aliphatic carbocycles. The maximum absolute atomic E-state index is 10.1. The Morgan fingerprint density at radius 3 is 2.60 bits per heavy atom. The number of carbonyl (C=O) groups excluding carboxylic acids is 1. The fourth-order valence-corrected chi connectivity index (χ4v) is 1.28. The summed E-state index contributed by atoms with van der Waals surface area (Å²) in [5, 5.41) is 0. The van der Waals surface area contributed by atoms with Gasteiger partial charge in [-0.2, -0.15) is 0 Å². The van der Waals surface area contributed by atoms with Gasteiger partial charge in [0.25, 0.3) is 0 Å². The molecular formula is C8H14O2. The Morgan fingerprint density at radius 1 is 1.60 bits per heavy atom. The first-order valence-corrected chi connectivity index (χ1v) is 3.84. The van der Waals surface area contributed by atoms with Gasteiger partial charge in [0.15, 0.2) is 0 Å². The molecule has 2 nitrogen and oxygen atoms in total. The second-order valence-electron chi connectivity index (χ2n) is 3.05. The van der Waals surface area contributed by atoms with Gasteiger partial charge in [0, 0.05) is 11.8 Å². The zero-order valence-corrected chi connectivity index (χ0v) is 6.43. The third-order valence-corrected chi connectivity index (χ3v) is 2.36. The van der Waals surface area contributed by atoms with Crippen molar-refractivity contribution in [2.24, 2.45) is 5.41 Å². The van der Waals surface area contributed by atoms with E-state index in [1.54, 1.807) is 0 Å². The molecule has 2 heteroatoms. The predicted molar refractivity (Wildman–Crippen MR) is 38.8 cm³/mol. The Morgan fingerprint density at radius 2 is 2.30 bits per heavy atom. The molecule has 1 rings (SSSR count). The summed E-state index contributed by atoms with van der Waals surface area (Å²) in [6.07, 6.45) is 3.83. The molecule has 0 atom stereocenters. The molecule has 1 aliphatic heterocycles. The quantitative estimate of drug-likeness (QED) is 0.554. The summed E-state index contributed by atoms with van der Waals surface area (Å²) >= 11 is 0. The van der Waals surface area contributed by atoms with Crippen LogP contribution in [-0.2, 0) is 9.53 Å². The molecule has 0 unspecified atom stereocenters. The highest BCUT2D eigenvalue weighted by Crippen LogP contribution is 2.35. The first kappa shape index (κ1) is 7.73. The number of hydrogen-bond acceptors (Lipinski definition) is 2. The molecule has 0 amide bonds. The van der Waals surface area contributed by atoms with Gasteiger partial charge in [-0.15, -0.1) is 0 Å². The van der Waals surface area contributed by atoms with Crippen LogP contribution in [0.5, 0.6) is 0 Å². The van der Waals surface area contributed by atoms with Crippen LogP contribution in [0, 0.1) is 5.41 Å². The van der Waals surface area contributed by atoms with E-state index in [9.17, 15) is 4.79 Å². The van der Waals surface area contributed by atoms with Gasteiger partial charge in [-0.3, -0.25) is 0 Å². The maximum Gasteiger partial charge on any atom is 0.120 e. The van der Waals surface area contributed by atoms with Crippen LogP contribution >= 0.6 is 0 Å². The van der Waals surface area contributed by atoms with Crippen molar-refractivity contribution >= 4 is 6.29 Å². The van der Waals surface area contributed by atoms with E-state index in [0.717, 1.165) is 32.3 Å². The average Bonchev–Trinajstić information content (AvgIpc) is 1.87. The summed E-state index contributed by atoms with van der Waals surface area (Å²) in [6.45, 7) is 3.88. The summed E-state index contributed by atoms with van der Waals surface area (Å²) in [5.41, 5.74) is 0.362. The molecule has 0 N–H and O–H groups in total. The van der Waals surface area contributed by atoms with E-state index in [1.165, 1.54) is 0 Å². The van der Waals surface area contributed by atoms with Crippen molar-refractivity contribution in [1.29, 1.82) is 0 Å². The highest BCUT2D eigenvalue weighted by Gasteiger charge is 2.35. The Balaban J connectivity index is 2.26. The molecule has 0 spiro atoms. The molecule has 1 heterocycles. The molecule has 0 aromatic rings. The van der Waals surface area contributed by atoms with Crippen molar-refractivity contribution in [3.05, 3.63) is 0 Å². The highest BCUT2D eigenvalue weighted by molar-refractivity contribution is 5.49. The standard InChI is InChI=1S/C8H14O2/c1-2-8(4-3-5-9)6-10-7-8/h5H,2-4,6-7H2,1H3. The zero-order valence-electron chi connectivity index (χ0n) is 6.43. The number of hydrogen-bond donors (Lipinski definition) is 0. The van der Waals surface area contributed by atoms with Crippen LogP contribution < -0.4 is 0 Å². The first-order chi connectivity index (χ1) is 4.83. The summed E-state index contributed by atoms with van der Waals surface area (Å²) in [5.74, 6) is 0. The maximum atomic E-state index is 10.1. The van der Waals surface area contributed by atoms with Crippen molar-refractivity contribution in [3.63, 3.8) is 0 Å². The van der Waals surface area contributed by atoms with Crippen LogP contribution in [0.3, 0.4) is 0 Å². The van der Waals surface area contributed by atoms with E-state index >= 15 is 0 Å². The van der Waals surface area contributed by atoms with E-state index in [2.05, 4.69) is 6.92 Å². The molecule has 0 bridgehead atoms. The van der Waals surface area contributed by atoms with E-state index in [4.69, 9.17) is 4.74 Å². The van der Waals surface area contributed by atoms with Crippen molar-refractivity contribution in [3.8, 4) is 0 Å². The SMILES string of the molecule is CCC1(CCC=O)COC1. The van der Waals surface area contributed by atoms with Gasteiger partial charge in [0.05, 0.1) is 13.2 Å². The molecule has 0 saturated carbocycles. The zero-order chi connectivity index (χ0) is 7.45. The number of ether oxygens (including phenoxy) is 1. The van der Waals surface area contributed by atoms with E-state index in [-0.39, 0.29) is 0 Å². The van der Waals surface area contributed by atoms with Crippen molar-refractivity contribution < 1.29 is 9.53 Å². The third kappa shape index (κ3) is 1.37. The predicted octanol–water partition coefficient (Wildman–Crippen LogP) is 1.39. The molecule has 1 saturated heterocycles. The smallest absolute Gasteiger partial charge is 0.120 e. The molecule has 1 aliphatic rings. The average molecular weight is 142 g/mol. The van der Waals surface area contributed by atoms with Gasteiger partial charge in [-0.25, -0.2) is 0 Å². The van der Waals surface area contributed by atoms with Gasteiger partial charge in [0.2, 0.25) is 0 Å². The monoisotopic (exact) mass is 142 g/mol. The molecular weight excluding hydrogens is 128 g/mol. The van der Waals surface area contributed by atoms with Crippen LogP contribution in [0.4, 0.5) is 0 Å². The Bertz CT molecular complexity index is 111. The molecule has 10 heavy (non-hydrogen) atoms. The molecule has 0 aromatic heterocycles. The Hall–Kier alpha value is -0.370. The summed E-state index contributed by atoms with van der Waals surface area (Å²) in [7, 11) is 0. The molecule has 58 valence electrons. The summed E-state index contributed by atoms with van der Waals surface area (Å²) < 4.78 is 5.11. The van der Waals surface area contributed by atoms with E-state index in [1.807, 2.05) is 0 Å². The van der Waals surface area contributed by atoms with Gasteiger partial charge < -0.3 is 9.53 Å². The lowest BCUT2D eigenvalue weighted by atomic mass is 9.79. The van der Waals surface area contributed by atoms with Crippen LogP contribution in [-0.4, -0.2) is 19.5 Å². The van der Waals surface area contributed by atoms with Gasteiger partial charge in [0.1, 0.15) is 6.29 Å². The van der Waals surface area contributed by atoms with Gasteiger partial charge in [-0.1, -0.05) is 6.92 Å². The molecule has 0 radical (unpaired) electrons. The number of aldehydes is 1. The summed E-state index contributed by atoms with van der Waals surface area (Å²) in [6, 6.07) is 0. The van der Waals surface area contributed by atoms with Crippen LogP contribution in [0.25, 0.3) is 0 Å². The number of carbonyl (C=O) groups is 1. The lowest BCUT2D eigenvalue weighted by molar-refractivity contribution is -0.125. The largest absolute Gasteiger partial charge is 0.380 e. The minimum atomic E-state index is 0.362. The minimum Gasteiger partial charge on any atom is -0.380 e. The summed E-state index contributed by atoms with van der Waals surface area (Å²) in [4.78, 5) is 10.1. The Labute approximate surface area is 61.6 Å². The second-order valence-corrected chi connectivity index (χ2v) is 3.05. The fourth-order valence-electron chi connectivity index (χ4n) is 1.28. The molecule has 1 fully saturated rings. The first-order valence-electron chi connectivity index (χ1n) is 3.84. The second kappa shape index (κ2) is 3.15. The minimum absolute atomic E-state index is 0.362. The van der Waals surface area contributed by atoms with Crippen LogP contribution in [0.2, 0.25) is 0 Å². The number of rotatable bonds is 4. The van der Waals surface area contributed by atoms with Gasteiger partial charge >= 0.3 is 0 Å². The normalized spacial score (nSPS) is 21.7. The molecule has 0 aromatic carbocycles. The Kier molecular flexibility index (Phi) is 2.44. The lowest BCUT2D eigenvalue weighted by Crippen LogP contribution is -2.41. The topological polar surface area (TPSA) is 26.3 Å². The fraction of sp³-hybridized carbons (Fsp3) is 0.875. The van der Waals surface area contributed by atoms with Crippen molar-refractivity contribution in [2.75, 3.05) is 13.2 Å². The van der Waals surface area contributed by atoms with E-state index in [0.29, 0.717) is 11.8 Å². The van der Waals surface area contributed by atoms with Crippen molar-refractivity contribution in [2.45, 2.75) is 26.2 Å². The highest BCUT2D eigenvalue weighted by atomic mass is 16.5. The van der Waals surface area contributed by atoms with Crippen LogP contribution in [0.15, 0.2) is 0 Å². The van der Waals surface area contributed by atoms with E-state index < -0.39 is 0 Å². The lowest BCUT2D eigenvalue weighted by Gasteiger charge is -2.40. The van der Waals surface area contributed by atoms with Crippen molar-refractivity contribution in [1.82, 2.24) is 0 Å². The third-order valence-electron chi connectivity index (χ3n) is 2.36. The van der Waals surface area contributed by atoms with Crippen LogP contribution in [0.1, 0.15) is 26.2 Å². The van der Waals surface area contributed by atoms with Gasteiger partial charge in [-0.05, 0) is 12.8 Å².